The molecule has 94 valence electrons. The SMILES string of the molecule is COc1cc(Nc2ccc(F)cc2I)ccc1N. The Labute approximate surface area is 118 Å². The Kier molecular flexibility index (Phi) is 3.90. The summed E-state index contributed by atoms with van der Waals surface area (Å²) in [6, 6.07) is 9.99. The molecule has 0 bridgehead atoms. The average Bonchev–Trinajstić information content (AvgIpc) is 2.35. The number of benzene rings is 2. The zero-order valence-electron chi connectivity index (χ0n) is 9.71. The zero-order chi connectivity index (χ0) is 13.1. The third-order valence-corrected chi connectivity index (χ3v) is 3.34. The van der Waals surface area contributed by atoms with E-state index in [0.29, 0.717) is 11.4 Å². The van der Waals surface area contributed by atoms with Crippen LogP contribution in [0, 0.1) is 9.39 Å². The monoisotopic (exact) mass is 358 g/mol. The molecular formula is C13H12FIN2O. The maximum atomic E-state index is 13.0. The Morgan fingerprint density at radius 1 is 1.22 bits per heavy atom. The fraction of sp³-hybridized carbons (Fsp3) is 0.0769. The van der Waals surface area contributed by atoms with Crippen LogP contribution in [0.3, 0.4) is 0 Å². The van der Waals surface area contributed by atoms with Crippen molar-refractivity contribution in [1.29, 1.82) is 0 Å². The van der Waals surface area contributed by atoms with Crippen LogP contribution in [-0.4, -0.2) is 7.11 Å². The number of nitrogens with one attached hydrogen (secondary N) is 1. The molecule has 0 fully saturated rings. The number of anilines is 3. The van der Waals surface area contributed by atoms with Crippen molar-refractivity contribution in [3.8, 4) is 5.75 Å². The molecule has 2 aromatic carbocycles. The molecular weight excluding hydrogens is 346 g/mol. The molecule has 0 unspecified atom stereocenters. The van der Waals surface area contributed by atoms with E-state index in [0.717, 1.165) is 14.9 Å². The van der Waals surface area contributed by atoms with Crippen molar-refractivity contribution < 1.29 is 9.13 Å². The van der Waals surface area contributed by atoms with Gasteiger partial charge < -0.3 is 15.8 Å². The predicted octanol–water partition coefficient (Wildman–Crippen LogP) is 3.76. The van der Waals surface area contributed by atoms with Crippen LogP contribution in [0.1, 0.15) is 0 Å². The second kappa shape index (κ2) is 5.43. The Morgan fingerprint density at radius 3 is 2.67 bits per heavy atom. The maximum absolute atomic E-state index is 13.0. The molecule has 0 saturated heterocycles. The first-order valence-electron chi connectivity index (χ1n) is 5.26. The Bertz CT molecular complexity index is 575. The van der Waals surface area contributed by atoms with E-state index in [-0.39, 0.29) is 5.82 Å². The molecule has 3 N–H and O–H groups in total. The third-order valence-electron chi connectivity index (χ3n) is 2.44. The van der Waals surface area contributed by atoms with Crippen LogP contribution in [0.2, 0.25) is 0 Å². The second-order valence-electron chi connectivity index (χ2n) is 3.71. The molecule has 0 amide bonds. The zero-order valence-corrected chi connectivity index (χ0v) is 11.9. The summed E-state index contributed by atoms with van der Waals surface area (Å²) in [4.78, 5) is 0. The molecule has 2 aromatic rings. The van der Waals surface area contributed by atoms with Crippen LogP contribution >= 0.6 is 22.6 Å². The molecule has 0 aliphatic heterocycles. The Hall–Kier alpha value is -1.50. The van der Waals surface area contributed by atoms with Gasteiger partial charge in [-0.05, 0) is 52.9 Å². The number of hydrogen-bond acceptors (Lipinski definition) is 3. The van der Waals surface area contributed by atoms with Gasteiger partial charge in [0.2, 0.25) is 0 Å². The lowest BCUT2D eigenvalue weighted by Gasteiger charge is -2.11. The van der Waals surface area contributed by atoms with E-state index < -0.39 is 0 Å². The minimum atomic E-state index is -0.250. The van der Waals surface area contributed by atoms with Gasteiger partial charge in [-0.3, -0.25) is 0 Å². The smallest absolute Gasteiger partial charge is 0.143 e. The number of halogens is 2. The molecule has 18 heavy (non-hydrogen) atoms. The van der Waals surface area contributed by atoms with Gasteiger partial charge in [0.25, 0.3) is 0 Å². The van der Waals surface area contributed by atoms with E-state index in [4.69, 9.17) is 10.5 Å². The van der Waals surface area contributed by atoms with Crippen molar-refractivity contribution in [2.45, 2.75) is 0 Å². The lowest BCUT2D eigenvalue weighted by atomic mass is 10.2. The van der Waals surface area contributed by atoms with Gasteiger partial charge in [0, 0.05) is 15.3 Å². The summed E-state index contributed by atoms with van der Waals surface area (Å²) >= 11 is 2.08. The first kappa shape index (κ1) is 12.9. The van der Waals surface area contributed by atoms with Crippen LogP contribution in [0.25, 0.3) is 0 Å². The predicted molar refractivity (Wildman–Crippen MR) is 79.8 cm³/mol. The fourth-order valence-corrected chi connectivity index (χ4v) is 2.15. The fourth-order valence-electron chi connectivity index (χ4n) is 1.54. The van der Waals surface area contributed by atoms with Crippen LogP contribution < -0.4 is 15.8 Å². The topological polar surface area (TPSA) is 47.3 Å². The lowest BCUT2D eigenvalue weighted by Crippen LogP contribution is -1.97. The highest BCUT2D eigenvalue weighted by Crippen LogP contribution is 2.29. The number of hydrogen-bond donors (Lipinski definition) is 2. The summed E-state index contributed by atoms with van der Waals surface area (Å²) in [5.41, 5.74) is 8.00. The molecule has 0 saturated carbocycles. The van der Waals surface area contributed by atoms with E-state index in [1.165, 1.54) is 12.1 Å². The van der Waals surface area contributed by atoms with Gasteiger partial charge in [0.05, 0.1) is 18.5 Å². The normalized spacial score (nSPS) is 10.2. The summed E-state index contributed by atoms with van der Waals surface area (Å²) in [5.74, 6) is 0.358. The Morgan fingerprint density at radius 2 is 2.00 bits per heavy atom. The molecule has 0 aliphatic carbocycles. The summed E-state index contributed by atoms with van der Waals surface area (Å²) < 4.78 is 18.9. The number of ether oxygens (including phenoxy) is 1. The van der Waals surface area contributed by atoms with Gasteiger partial charge in [-0.25, -0.2) is 4.39 Å². The second-order valence-corrected chi connectivity index (χ2v) is 4.87. The highest BCUT2D eigenvalue weighted by Gasteiger charge is 2.04. The molecule has 0 radical (unpaired) electrons. The molecule has 5 heteroatoms. The van der Waals surface area contributed by atoms with E-state index >= 15 is 0 Å². The molecule has 0 aliphatic rings. The van der Waals surface area contributed by atoms with E-state index in [2.05, 4.69) is 27.9 Å². The lowest BCUT2D eigenvalue weighted by molar-refractivity contribution is 0.417. The first-order valence-corrected chi connectivity index (χ1v) is 6.33. The van der Waals surface area contributed by atoms with Gasteiger partial charge in [0.1, 0.15) is 11.6 Å². The number of nitrogens with two attached hydrogens (primary N) is 1. The molecule has 0 aromatic heterocycles. The Balaban J connectivity index is 2.28. The first-order chi connectivity index (χ1) is 8.60. The average molecular weight is 358 g/mol. The highest BCUT2D eigenvalue weighted by molar-refractivity contribution is 14.1. The van der Waals surface area contributed by atoms with Crippen molar-refractivity contribution in [3.63, 3.8) is 0 Å². The molecule has 0 heterocycles. The van der Waals surface area contributed by atoms with E-state index in [9.17, 15) is 4.39 Å². The van der Waals surface area contributed by atoms with Crippen molar-refractivity contribution >= 4 is 39.7 Å². The summed E-state index contributed by atoms with van der Waals surface area (Å²) in [7, 11) is 1.57. The van der Waals surface area contributed by atoms with Crippen molar-refractivity contribution in [1.82, 2.24) is 0 Å². The standard InChI is InChI=1S/C13H12FIN2O/c1-18-13-7-9(3-4-11(13)16)17-12-5-2-8(14)6-10(12)15/h2-7,17H,16H2,1H3. The quantitative estimate of drug-likeness (QED) is 0.649. The van der Waals surface area contributed by atoms with E-state index in [1.54, 1.807) is 25.3 Å². The van der Waals surface area contributed by atoms with Crippen LogP contribution in [-0.2, 0) is 0 Å². The third kappa shape index (κ3) is 2.84. The van der Waals surface area contributed by atoms with Crippen molar-refractivity contribution in [2.75, 3.05) is 18.2 Å². The van der Waals surface area contributed by atoms with Gasteiger partial charge in [-0.15, -0.1) is 0 Å². The summed E-state index contributed by atoms with van der Waals surface area (Å²) in [6.07, 6.45) is 0. The highest BCUT2D eigenvalue weighted by atomic mass is 127. The number of rotatable bonds is 3. The van der Waals surface area contributed by atoms with Gasteiger partial charge in [-0.2, -0.15) is 0 Å². The summed E-state index contributed by atoms with van der Waals surface area (Å²) in [6.45, 7) is 0. The van der Waals surface area contributed by atoms with Gasteiger partial charge in [-0.1, -0.05) is 0 Å². The molecule has 3 nitrogen and oxygen atoms in total. The molecule has 0 atom stereocenters. The number of methoxy groups -OCH3 is 1. The molecule has 0 spiro atoms. The van der Waals surface area contributed by atoms with Crippen molar-refractivity contribution in [3.05, 3.63) is 45.8 Å². The maximum Gasteiger partial charge on any atom is 0.143 e. The van der Waals surface area contributed by atoms with Crippen LogP contribution in [0.15, 0.2) is 36.4 Å². The largest absolute Gasteiger partial charge is 0.495 e. The summed E-state index contributed by atoms with van der Waals surface area (Å²) in [5, 5.41) is 3.19. The molecule has 2 rings (SSSR count). The van der Waals surface area contributed by atoms with Gasteiger partial charge in [0.15, 0.2) is 0 Å². The van der Waals surface area contributed by atoms with Crippen LogP contribution in [0.5, 0.6) is 5.75 Å². The minimum Gasteiger partial charge on any atom is -0.495 e. The van der Waals surface area contributed by atoms with Gasteiger partial charge >= 0.3 is 0 Å². The van der Waals surface area contributed by atoms with Crippen molar-refractivity contribution in [2.24, 2.45) is 0 Å². The number of nitrogen functional groups attached to an aromatic ring is 1. The van der Waals surface area contributed by atoms with E-state index in [1.807, 2.05) is 6.07 Å². The minimum absolute atomic E-state index is 0.250. The van der Waals surface area contributed by atoms with Crippen LogP contribution in [0.4, 0.5) is 21.5 Å².